The smallest absolute Gasteiger partial charge is 0.251 e. The highest BCUT2D eigenvalue weighted by Crippen LogP contribution is 2.10. The van der Waals surface area contributed by atoms with E-state index in [0.717, 1.165) is 10.7 Å². The predicted molar refractivity (Wildman–Crippen MR) is 83.7 cm³/mol. The molecule has 1 aromatic carbocycles. The molecule has 0 fully saturated rings. The number of benzene rings is 1. The van der Waals surface area contributed by atoms with Crippen molar-refractivity contribution in [2.24, 2.45) is 0 Å². The minimum absolute atomic E-state index is 0.0596. The van der Waals surface area contributed by atoms with E-state index in [-0.39, 0.29) is 18.4 Å². The van der Waals surface area contributed by atoms with Crippen LogP contribution in [0, 0.1) is 0 Å². The number of rotatable bonds is 5. The third kappa shape index (κ3) is 3.32. The number of nitrogens with one attached hydrogen (secondary N) is 2. The molecule has 7 heteroatoms. The molecule has 2 aromatic heterocycles. The van der Waals surface area contributed by atoms with E-state index in [0.29, 0.717) is 12.1 Å². The molecular formula is C15H14N4O2S. The second-order valence-electron chi connectivity index (χ2n) is 4.65. The highest BCUT2D eigenvalue weighted by Gasteiger charge is 2.08. The average molecular weight is 314 g/mol. The molecule has 0 aliphatic heterocycles. The second-order valence-corrected chi connectivity index (χ2v) is 5.52. The van der Waals surface area contributed by atoms with Crippen LogP contribution < -0.4 is 10.6 Å². The van der Waals surface area contributed by atoms with Crippen LogP contribution in [0.2, 0.25) is 0 Å². The molecule has 0 bridgehead atoms. The molecule has 2 N–H and O–H groups in total. The zero-order valence-corrected chi connectivity index (χ0v) is 12.5. The largest absolute Gasteiger partial charge is 0.349 e. The van der Waals surface area contributed by atoms with E-state index in [1.54, 1.807) is 24.3 Å². The Kier molecular flexibility index (Phi) is 4.15. The molecule has 2 heterocycles. The lowest BCUT2D eigenvalue weighted by Gasteiger charge is -2.05. The van der Waals surface area contributed by atoms with E-state index in [1.807, 2.05) is 28.2 Å². The predicted octanol–water partition coefficient (Wildman–Crippen LogP) is 1.44. The molecule has 112 valence electrons. The summed E-state index contributed by atoms with van der Waals surface area (Å²) in [6, 6.07) is 8.79. The van der Waals surface area contributed by atoms with Crippen LogP contribution in [0.5, 0.6) is 0 Å². The van der Waals surface area contributed by atoms with Crippen LogP contribution in [0.15, 0.2) is 48.1 Å². The highest BCUT2D eigenvalue weighted by atomic mass is 32.1. The monoisotopic (exact) mass is 314 g/mol. The minimum atomic E-state index is -0.266. The number of hydrogen-bond acceptors (Lipinski definition) is 4. The molecule has 0 atom stereocenters. The number of carbonyl (C=O) groups is 2. The van der Waals surface area contributed by atoms with Gasteiger partial charge in [-0.15, -0.1) is 11.3 Å². The van der Waals surface area contributed by atoms with Crippen molar-refractivity contribution in [3.8, 4) is 0 Å². The van der Waals surface area contributed by atoms with Gasteiger partial charge in [-0.1, -0.05) is 18.2 Å². The Labute approximate surface area is 130 Å². The van der Waals surface area contributed by atoms with Crippen LogP contribution in [0.25, 0.3) is 4.96 Å². The van der Waals surface area contributed by atoms with Crippen molar-refractivity contribution in [3.05, 3.63) is 59.4 Å². The highest BCUT2D eigenvalue weighted by molar-refractivity contribution is 7.15. The van der Waals surface area contributed by atoms with Crippen LogP contribution in [-0.2, 0) is 11.3 Å². The number of hydrogen-bond donors (Lipinski definition) is 2. The zero-order valence-electron chi connectivity index (χ0n) is 11.7. The molecule has 22 heavy (non-hydrogen) atoms. The van der Waals surface area contributed by atoms with Gasteiger partial charge in [-0.05, 0) is 12.1 Å². The summed E-state index contributed by atoms with van der Waals surface area (Å²) >= 11 is 1.54. The number of nitrogens with zero attached hydrogens (tertiary/aromatic N) is 2. The molecule has 0 saturated heterocycles. The Morgan fingerprint density at radius 1 is 1.18 bits per heavy atom. The number of imidazole rings is 1. The first-order chi connectivity index (χ1) is 10.7. The van der Waals surface area contributed by atoms with Crippen molar-refractivity contribution in [2.75, 3.05) is 6.54 Å². The van der Waals surface area contributed by atoms with E-state index < -0.39 is 0 Å². The van der Waals surface area contributed by atoms with E-state index in [2.05, 4.69) is 15.6 Å². The normalized spacial score (nSPS) is 10.5. The maximum absolute atomic E-state index is 11.8. The molecular weight excluding hydrogens is 300 g/mol. The molecule has 3 rings (SSSR count). The number of fused-ring (bicyclic) bond motifs is 1. The summed E-state index contributed by atoms with van der Waals surface area (Å²) in [6.07, 6.45) is 3.78. The van der Waals surface area contributed by atoms with E-state index in [4.69, 9.17) is 0 Å². The van der Waals surface area contributed by atoms with E-state index >= 15 is 0 Å². The van der Waals surface area contributed by atoms with E-state index in [9.17, 15) is 9.59 Å². The lowest BCUT2D eigenvalue weighted by Crippen LogP contribution is -2.36. The standard InChI is InChI=1S/C15H14N4O2S/c20-13(9-17-14(21)11-4-2-1-3-5-11)16-8-12-10-19-6-7-22-15(19)18-12/h1-7,10H,8-9H2,(H,16,20)(H,17,21). The second kappa shape index (κ2) is 6.40. The fourth-order valence-electron chi connectivity index (χ4n) is 1.97. The third-order valence-electron chi connectivity index (χ3n) is 3.06. The topological polar surface area (TPSA) is 75.5 Å². The Hall–Kier alpha value is -2.67. The molecule has 0 unspecified atom stereocenters. The summed E-state index contributed by atoms with van der Waals surface area (Å²) in [7, 11) is 0. The van der Waals surface area contributed by atoms with Crippen molar-refractivity contribution in [2.45, 2.75) is 6.54 Å². The first-order valence-electron chi connectivity index (χ1n) is 6.73. The Balaban J connectivity index is 1.46. The summed E-state index contributed by atoms with van der Waals surface area (Å²) < 4.78 is 1.91. The summed E-state index contributed by atoms with van der Waals surface area (Å²) in [4.78, 5) is 28.8. The van der Waals surface area contributed by atoms with Crippen molar-refractivity contribution in [3.63, 3.8) is 0 Å². The number of thiazole rings is 1. The van der Waals surface area contributed by atoms with Gasteiger partial charge in [0.15, 0.2) is 4.96 Å². The molecule has 0 aliphatic rings. The van der Waals surface area contributed by atoms with Gasteiger partial charge in [-0.25, -0.2) is 4.98 Å². The van der Waals surface area contributed by atoms with Gasteiger partial charge in [0.2, 0.25) is 5.91 Å². The summed E-state index contributed by atoms with van der Waals surface area (Å²) in [5.41, 5.74) is 1.32. The minimum Gasteiger partial charge on any atom is -0.349 e. The van der Waals surface area contributed by atoms with Crippen LogP contribution >= 0.6 is 11.3 Å². The summed E-state index contributed by atoms with van der Waals surface area (Å²) in [5.74, 6) is -0.515. The molecule has 0 saturated carbocycles. The van der Waals surface area contributed by atoms with Gasteiger partial charge >= 0.3 is 0 Å². The Morgan fingerprint density at radius 3 is 2.77 bits per heavy atom. The van der Waals surface area contributed by atoms with Crippen molar-refractivity contribution < 1.29 is 9.59 Å². The lowest BCUT2D eigenvalue weighted by atomic mass is 10.2. The first-order valence-corrected chi connectivity index (χ1v) is 7.61. The Morgan fingerprint density at radius 2 is 2.00 bits per heavy atom. The van der Waals surface area contributed by atoms with Crippen molar-refractivity contribution in [1.29, 1.82) is 0 Å². The van der Waals surface area contributed by atoms with Crippen LogP contribution in [0.4, 0.5) is 0 Å². The van der Waals surface area contributed by atoms with Gasteiger partial charge < -0.3 is 10.6 Å². The average Bonchev–Trinajstić information content (AvgIpc) is 3.12. The quantitative estimate of drug-likeness (QED) is 0.748. The molecule has 3 aromatic rings. The molecule has 0 spiro atoms. The van der Waals surface area contributed by atoms with Crippen LogP contribution in [-0.4, -0.2) is 27.7 Å². The third-order valence-corrected chi connectivity index (χ3v) is 3.83. The van der Waals surface area contributed by atoms with Gasteiger partial charge in [0.1, 0.15) is 0 Å². The first kappa shape index (κ1) is 14.3. The number of carbonyl (C=O) groups excluding carboxylic acids is 2. The molecule has 0 aliphatic carbocycles. The Bertz CT molecular complexity index is 766. The number of amides is 2. The van der Waals surface area contributed by atoms with Gasteiger partial charge in [0.25, 0.3) is 5.91 Å². The van der Waals surface area contributed by atoms with E-state index in [1.165, 1.54) is 11.3 Å². The van der Waals surface area contributed by atoms with Crippen molar-refractivity contribution in [1.82, 2.24) is 20.0 Å². The maximum Gasteiger partial charge on any atom is 0.251 e. The zero-order chi connectivity index (χ0) is 15.4. The van der Waals surface area contributed by atoms with Crippen LogP contribution in [0.1, 0.15) is 16.1 Å². The fraction of sp³-hybridized carbons (Fsp3) is 0.133. The lowest BCUT2D eigenvalue weighted by molar-refractivity contribution is -0.120. The summed E-state index contributed by atoms with van der Waals surface area (Å²) in [5, 5.41) is 7.26. The summed E-state index contributed by atoms with van der Waals surface area (Å²) in [6.45, 7) is 0.282. The van der Waals surface area contributed by atoms with Gasteiger partial charge in [-0.2, -0.15) is 0 Å². The van der Waals surface area contributed by atoms with Gasteiger partial charge in [-0.3, -0.25) is 14.0 Å². The van der Waals surface area contributed by atoms with Crippen LogP contribution in [0.3, 0.4) is 0 Å². The van der Waals surface area contributed by atoms with Gasteiger partial charge in [0.05, 0.1) is 18.8 Å². The SMILES string of the molecule is O=C(CNC(=O)c1ccccc1)NCc1cn2ccsc2n1. The van der Waals surface area contributed by atoms with Crippen molar-refractivity contribution >= 4 is 28.1 Å². The maximum atomic E-state index is 11.8. The van der Waals surface area contributed by atoms with Gasteiger partial charge in [0, 0.05) is 23.3 Å². The molecule has 2 amide bonds. The fourth-order valence-corrected chi connectivity index (χ4v) is 2.68. The number of aromatic nitrogens is 2. The molecule has 0 radical (unpaired) electrons. The molecule has 6 nitrogen and oxygen atoms in total.